The highest BCUT2D eigenvalue weighted by Crippen LogP contribution is 2.30. The molecule has 1 amide bonds. The molecule has 3 aromatic rings. The first-order chi connectivity index (χ1) is 15.0. The van der Waals surface area contributed by atoms with Gasteiger partial charge in [-0.3, -0.25) is 14.9 Å². The largest absolute Gasteiger partial charge is 0.378 e. The van der Waals surface area contributed by atoms with E-state index in [9.17, 15) is 19.3 Å². The summed E-state index contributed by atoms with van der Waals surface area (Å²) in [6, 6.07) is 10.8. The molecule has 10 heteroatoms. The zero-order chi connectivity index (χ0) is 21.8. The van der Waals surface area contributed by atoms with E-state index >= 15 is 0 Å². The van der Waals surface area contributed by atoms with Crippen molar-refractivity contribution in [1.82, 2.24) is 10.3 Å². The van der Waals surface area contributed by atoms with Gasteiger partial charge in [0.2, 0.25) is 0 Å². The first kappa shape index (κ1) is 20.9. The molecule has 2 aromatic carbocycles. The van der Waals surface area contributed by atoms with Gasteiger partial charge in [-0.25, -0.2) is 9.37 Å². The number of amides is 1. The molecule has 1 N–H and O–H groups in total. The summed E-state index contributed by atoms with van der Waals surface area (Å²) >= 11 is 1.30. The smallest absolute Gasteiger partial charge is 0.293 e. The summed E-state index contributed by atoms with van der Waals surface area (Å²) in [5.74, 6) is -0.810. The van der Waals surface area contributed by atoms with Crippen LogP contribution in [0.2, 0.25) is 0 Å². The number of benzene rings is 2. The standard InChI is InChI=1S/C21H19FN4O4S/c22-16-4-2-1-3-15(16)17-13-31-20(24-17)12-23-21(27)14-5-6-18(19(11-14)26(28)29)25-7-9-30-10-8-25/h1-6,11,13H,7-10,12H2,(H,23,27). The van der Waals surface area contributed by atoms with E-state index in [1.54, 1.807) is 35.7 Å². The van der Waals surface area contributed by atoms with Crippen molar-refractivity contribution in [2.75, 3.05) is 31.2 Å². The molecule has 0 radical (unpaired) electrons. The van der Waals surface area contributed by atoms with E-state index in [1.165, 1.54) is 23.5 Å². The Balaban J connectivity index is 1.46. The number of morpholine rings is 1. The predicted octanol–water partition coefficient (Wildman–Crippen LogP) is 3.62. The van der Waals surface area contributed by atoms with Crippen LogP contribution in [0.5, 0.6) is 0 Å². The van der Waals surface area contributed by atoms with Crippen LogP contribution in [0.15, 0.2) is 47.8 Å². The first-order valence-corrected chi connectivity index (χ1v) is 10.5. The molecule has 160 valence electrons. The van der Waals surface area contributed by atoms with E-state index < -0.39 is 10.8 Å². The second kappa shape index (κ2) is 9.19. The fourth-order valence-corrected chi connectivity index (χ4v) is 4.06. The second-order valence-corrected chi connectivity index (χ2v) is 7.79. The molecule has 1 fully saturated rings. The van der Waals surface area contributed by atoms with Crippen LogP contribution in [0.3, 0.4) is 0 Å². The van der Waals surface area contributed by atoms with Crippen LogP contribution in [0.25, 0.3) is 11.3 Å². The summed E-state index contributed by atoms with van der Waals surface area (Å²) in [4.78, 5) is 29.9. The first-order valence-electron chi connectivity index (χ1n) is 9.61. The molecule has 1 aromatic heterocycles. The Labute approximate surface area is 181 Å². The Morgan fingerprint density at radius 2 is 2.03 bits per heavy atom. The van der Waals surface area contributed by atoms with Crippen LogP contribution in [0, 0.1) is 15.9 Å². The number of anilines is 1. The number of rotatable bonds is 6. The zero-order valence-electron chi connectivity index (χ0n) is 16.4. The number of carbonyl (C=O) groups is 1. The Kier molecular flexibility index (Phi) is 6.19. The van der Waals surface area contributed by atoms with Crippen LogP contribution in [-0.2, 0) is 11.3 Å². The molecule has 0 aliphatic carbocycles. The van der Waals surface area contributed by atoms with Gasteiger partial charge in [-0.05, 0) is 24.3 Å². The summed E-state index contributed by atoms with van der Waals surface area (Å²) in [6.45, 7) is 2.25. The van der Waals surface area contributed by atoms with Gasteiger partial charge in [-0.15, -0.1) is 11.3 Å². The molecule has 0 atom stereocenters. The summed E-state index contributed by atoms with van der Waals surface area (Å²) in [7, 11) is 0. The lowest BCUT2D eigenvalue weighted by Crippen LogP contribution is -2.36. The molecule has 31 heavy (non-hydrogen) atoms. The lowest BCUT2D eigenvalue weighted by atomic mass is 10.1. The summed E-state index contributed by atoms with van der Waals surface area (Å²) in [5.41, 5.74) is 1.43. The van der Waals surface area contributed by atoms with Gasteiger partial charge in [-0.1, -0.05) is 12.1 Å². The maximum absolute atomic E-state index is 13.9. The highest BCUT2D eigenvalue weighted by Gasteiger charge is 2.23. The number of nitro benzene ring substituents is 1. The van der Waals surface area contributed by atoms with Crippen molar-refractivity contribution in [2.45, 2.75) is 6.54 Å². The minimum Gasteiger partial charge on any atom is -0.378 e. The average Bonchev–Trinajstić information content (AvgIpc) is 3.26. The van der Waals surface area contributed by atoms with E-state index in [0.29, 0.717) is 48.3 Å². The summed E-state index contributed by atoms with van der Waals surface area (Å²) < 4.78 is 19.2. The molecule has 8 nitrogen and oxygen atoms in total. The van der Waals surface area contributed by atoms with Gasteiger partial charge in [0.25, 0.3) is 11.6 Å². The Morgan fingerprint density at radius 1 is 1.26 bits per heavy atom. The highest BCUT2D eigenvalue weighted by atomic mass is 32.1. The van der Waals surface area contributed by atoms with Gasteiger partial charge < -0.3 is 15.0 Å². The fourth-order valence-electron chi connectivity index (χ4n) is 3.33. The Morgan fingerprint density at radius 3 is 2.77 bits per heavy atom. The van der Waals surface area contributed by atoms with Crippen molar-refractivity contribution in [3.8, 4) is 11.3 Å². The van der Waals surface area contributed by atoms with E-state index in [-0.39, 0.29) is 23.6 Å². The number of carbonyl (C=O) groups excluding carboxylic acids is 1. The SMILES string of the molecule is O=C(NCc1nc(-c2ccccc2F)cs1)c1ccc(N2CCOCC2)c([N+](=O)[O-])c1. The monoisotopic (exact) mass is 442 g/mol. The quantitative estimate of drug-likeness (QED) is 0.463. The van der Waals surface area contributed by atoms with Gasteiger partial charge in [0.05, 0.1) is 30.4 Å². The lowest BCUT2D eigenvalue weighted by molar-refractivity contribution is -0.384. The van der Waals surface area contributed by atoms with Crippen LogP contribution in [0.4, 0.5) is 15.8 Å². The van der Waals surface area contributed by atoms with Gasteiger partial charge >= 0.3 is 0 Å². The van der Waals surface area contributed by atoms with Crippen LogP contribution in [0.1, 0.15) is 15.4 Å². The van der Waals surface area contributed by atoms with Crippen molar-refractivity contribution < 1.29 is 18.8 Å². The molecule has 1 aliphatic heterocycles. The third-order valence-electron chi connectivity index (χ3n) is 4.89. The molecule has 0 unspecified atom stereocenters. The molecular formula is C21H19FN4O4S. The van der Waals surface area contributed by atoms with Crippen LogP contribution >= 0.6 is 11.3 Å². The van der Waals surface area contributed by atoms with Crippen molar-refractivity contribution in [3.63, 3.8) is 0 Å². The number of hydrogen-bond acceptors (Lipinski definition) is 7. The zero-order valence-corrected chi connectivity index (χ0v) is 17.2. The van der Waals surface area contributed by atoms with E-state index in [4.69, 9.17) is 4.74 Å². The van der Waals surface area contributed by atoms with Gasteiger partial charge in [0, 0.05) is 35.7 Å². The average molecular weight is 442 g/mol. The molecule has 0 bridgehead atoms. The van der Waals surface area contributed by atoms with Crippen molar-refractivity contribution in [2.24, 2.45) is 0 Å². The number of aromatic nitrogens is 1. The molecular weight excluding hydrogens is 423 g/mol. The molecule has 0 spiro atoms. The summed E-state index contributed by atoms with van der Waals surface area (Å²) in [5, 5.41) is 16.6. The van der Waals surface area contributed by atoms with Gasteiger partial charge in [-0.2, -0.15) is 0 Å². The molecule has 0 saturated carbocycles. The van der Waals surface area contributed by atoms with Crippen LogP contribution < -0.4 is 10.2 Å². The third-order valence-corrected chi connectivity index (χ3v) is 5.74. The topological polar surface area (TPSA) is 97.6 Å². The molecule has 4 rings (SSSR count). The highest BCUT2D eigenvalue weighted by molar-refractivity contribution is 7.09. The third kappa shape index (κ3) is 4.70. The molecule has 1 aliphatic rings. The minimum absolute atomic E-state index is 0.120. The maximum Gasteiger partial charge on any atom is 0.293 e. The maximum atomic E-state index is 13.9. The minimum atomic E-state index is -0.483. The molecule has 1 saturated heterocycles. The van der Waals surface area contributed by atoms with E-state index in [2.05, 4.69) is 10.3 Å². The van der Waals surface area contributed by atoms with Gasteiger partial charge in [0.15, 0.2) is 0 Å². The number of thiazole rings is 1. The number of ether oxygens (including phenoxy) is 1. The Bertz CT molecular complexity index is 1110. The number of nitrogens with zero attached hydrogens (tertiary/aromatic N) is 3. The van der Waals surface area contributed by atoms with Crippen molar-refractivity contribution in [1.29, 1.82) is 0 Å². The number of hydrogen-bond donors (Lipinski definition) is 1. The predicted molar refractivity (Wildman–Crippen MR) is 115 cm³/mol. The fraction of sp³-hybridized carbons (Fsp3) is 0.238. The van der Waals surface area contributed by atoms with E-state index in [1.807, 2.05) is 4.90 Å². The van der Waals surface area contributed by atoms with Crippen LogP contribution in [-0.4, -0.2) is 42.1 Å². The number of nitrogens with one attached hydrogen (secondary N) is 1. The Hall–Kier alpha value is -3.37. The lowest BCUT2D eigenvalue weighted by Gasteiger charge is -2.28. The number of nitro groups is 1. The second-order valence-electron chi connectivity index (χ2n) is 6.85. The molecule has 2 heterocycles. The normalized spacial score (nSPS) is 13.8. The van der Waals surface area contributed by atoms with Gasteiger partial charge in [0.1, 0.15) is 16.5 Å². The number of halogens is 1. The van der Waals surface area contributed by atoms with Crippen molar-refractivity contribution in [3.05, 3.63) is 74.3 Å². The summed E-state index contributed by atoms with van der Waals surface area (Å²) in [6.07, 6.45) is 0. The van der Waals surface area contributed by atoms with E-state index in [0.717, 1.165) is 0 Å². The van der Waals surface area contributed by atoms with Crippen molar-refractivity contribution >= 4 is 28.6 Å².